The third-order valence-corrected chi connectivity index (χ3v) is 7.00. The Kier molecular flexibility index (Phi) is 9.17. The number of ether oxygens (including phenoxy) is 2. The molecule has 196 valence electrons. The highest BCUT2D eigenvalue weighted by Crippen LogP contribution is 2.33. The van der Waals surface area contributed by atoms with E-state index < -0.39 is 28.1 Å². The smallest absolute Gasteiger partial charge is 0.407 e. The molecule has 1 saturated heterocycles. The van der Waals surface area contributed by atoms with Gasteiger partial charge in [0.05, 0.1) is 26.1 Å². The fourth-order valence-corrected chi connectivity index (χ4v) is 5.01. The summed E-state index contributed by atoms with van der Waals surface area (Å²) in [7, 11) is -2.00. The van der Waals surface area contributed by atoms with Crippen LogP contribution in [0.5, 0.6) is 11.5 Å². The van der Waals surface area contributed by atoms with E-state index in [0.717, 1.165) is 24.0 Å². The number of rotatable bonds is 10. The Morgan fingerprint density at radius 3 is 2.51 bits per heavy atom. The van der Waals surface area contributed by atoms with Gasteiger partial charge in [0, 0.05) is 19.2 Å². The van der Waals surface area contributed by atoms with E-state index in [1.807, 2.05) is 0 Å². The van der Waals surface area contributed by atoms with E-state index in [-0.39, 0.29) is 36.8 Å². The zero-order chi connectivity index (χ0) is 25.6. The van der Waals surface area contributed by atoms with Gasteiger partial charge in [-0.25, -0.2) is 9.18 Å². The van der Waals surface area contributed by atoms with Crippen molar-refractivity contribution in [1.29, 1.82) is 0 Å². The summed E-state index contributed by atoms with van der Waals surface area (Å²) in [5, 5.41) is 11.9. The fourth-order valence-electron chi connectivity index (χ4n) is 4.57. The second kappa shape index (κ2) is 11.9. The molecule has 10 nitrogen and oxygen atoms in total. The molecule has 0 aromatic heterocycles. The highest BCUT2D eigenvalue weighted by atomic mass is 32.2. The molecule has 1 heterocycles. The van der Waals surface area contributed by atoms with Crippen LogP contribution in [0.2, 0.25) is 0 Å². The number of hydrogen-bond donors (Lipinski definition) is 2. The highest BCUT2D eigenvalue weighted by molar-refractivity contribution is 7.85. The van der Waals surface area contributed by atoms with Crippen molar-refractivity contribution < 1.29 is 41.2 Å². The molecule has 1 aliphatic carbocycles. The van der Waals surface area contributed by atoms with Crippen molar-refractivity contribution in [2.45, 2.75) is 57.1 Å². The monoisotopic (exact) mass is 516 g/mol. The molecule has 1 aliphatic heterocycles. The van der Waals surface area contributed by atoms with E-state index in [9.17, 15) is 27.5 Å². The minimum Gasteiger partial charge on any atom is -0.496 e. The van der Waals surface area contributed by atoms with Crippen molar-refractivity contribution in [2.24, 2.45) is 5.92 Å². The number of amides is 2. The van der Waals surface area contributed by atoms with Crippen LogP contribution in [-0.2, 0) is 25.5 Å². The lowest BCUT2D eigenvalue weighted by Crippen LogP contribution is -2.45. The first kappa shape index (κ1) is 27.0. The van der Waals surface area contributed by atoms with Crippen molar-refractivity contribution in [3.05, 3.63) is 23.5 Å². The van der Waals surface area contributed by atoms with E-state index >= 15 is 0 Å². The molecule has 35 heavy (non-hydrogen) atoms. The molecule has 0 radical (unpaired) electrons. The summed E-state index contributed by atoms with van der Waals surface area (Å²) in [4.78, 5) is 24.8. The number of nitrogens with zero attached hydrogens (tertiary/aromatic N) is 1. The summed E-state index contributed by atoms with van der Waals surface area (Å²) in [6, 6.07) is 2.12. The normalized spacial score (nSPS) is 22.6. The fraction of sp³-hybridized carbons (Fsp3) is 0.652. The summed E-state index contributed by atoms with van der Waals surface area (Å²) in [6.45, 7) is 0.691. The Bertz CT molecular complexity index is 1010. The van der Waals surface area contributed by atoms with Gasteiger partial charge in [-0.05, 0) is 62.5 Å². The minimum absolute atomic E-state index is 0.0773. The van der Waals surface area contributed by atoms with Crippen LogP contribution in [0.3, 0.4) is 0 Å². The maximum absolute atomic E-state index is 14.8. The largest absolute Gasteiger partial charge is 0.496 e. The van der Waals surface area contributed by atoms with Gasteiger partial charge in [0.25, 0.3) is 10.1 Å². The Morgan fingerprint density at radius 1 is 1.17 bits per heavy atom. The minimum atomic E-state index is -3.47. The standard InChI is InChI=1S/C23H33FN2O8S/c1-32-20-13-21(34-17-7-5-15(6-8-17)14-33-35(2,30)31)18(24)12-16(20)9-10-25-22(27)19-4-3-11-26(19)23(28)29/h12-13,15,17,19H,3-11,14H2,1-2H3,(H,25,27)(H,28,29). The second-order valence-corrected chi connectivity index (χ2v) is 10.7. The maximum Gasteiger partial charge on any atom is 0.407 e. The van der Waals surface area contributed by atoms with Gasteiger partial charge in [-0.3, -0.25) is 13.9 Å². The van der Waals surface area contributed by atoms with Crippen molar-refractivity contribution in [3.63, 3.8) is 0 Å². The van der Waals surface area contributed by atoms with Crippen molar-refractivity contribution in [2.75, 3.05) is 33.1 Å². The Labute approximate surface area is 204 Å². The van der Waals surface area contributed by atoms with Gasteiger partial charge in [-0.1, -0.05) is 0 Å². The molecule has 1 aromatic rings. The number of hydrogen-bond acceptors (Lipinski definition) is 7. The number of halogens is 1. The highest BCUT2D eigenvalue weighted by Gasteiger charge is 2.33. The van der Waals surface area contributed by atoms with Crippen molar-refractivity contribution >= 4 is 22.1 Å². The number of nitrogens with one attached hydrogen (secondary N) is 1. The SMILES string of the molecule is COc1cc(OC2CCC(COS(C)(=O)=O)CC2)c(F)cc1CCNC(=O)C1CCCN1C(=O)O. The number of likely N-dealkylation sites (tertiary alicyclic amines) is 1. The molecule has 2 aliphatic rings. The molecule has 2 fully saturated rings. The van der Waals surface area contributed by atoms with Gasteiger partial charge in [0.2, 0.25) is 5.91 Å². The van der Waals surface area contributed by atoms with E-state index in [1.54, 1.807) is 0 Å². The molecule has 3 rings (SSSR count). The number of methoxy groups -OCH3 is 1. The molecule has 2 amide bonds. The van der Waals surface area contributed by atoms with Crippen molar-refractivity contribution in [1.82, 2.24) is 10.2 Å². The van der Waals surface area contributed by atoms with E-state index in [0.29, 0.717) is 50.0 Å². The van der Waals surface area contributed by atoms with E-state index in [4.69, 9.17) is 13.7 Å². The van der Waals surface area contributed by atoms with Crippen LogP contribution in [0, 0.1) is 11.7 Å². The number of carbonyl (C=O) groups excluding carboxylic acids is 1. The lowest BCUT2D eigenvalue weighted by Gasteiger charge is -2.29. The average molecular weight is 517 g/mol. The summed E-state index contributed by atoms with van der Waals surface area (Å²) < 4.78 is 53.3. The van der Waals surface area contributed by atoms with Crippen LogP contribution in [0.25, 0.3) is 0 Å². The van der Waals surface area contributed by atoms with Gasteiger partial charge >= 0.3 is 6.09 Å². The molecule has 1 atom stereocenters. The quantitative estimate of drug-likeness (QED) is 0.454. The maximum atomic E-state index is 14.8. The van der Waals surface area contributed by atoms with E-state index in [1.165, 1.54) is 19.2 Å². The molecular weight excluding hydrogens is 483 g/mol. The number of carbonyl (C=O) groups is 2. The molecule has 0 spiro atoms. The Hall–Kier alpha value is -2.60. The lowest BCUT2D eigenvalue weighted by molar-refractivity contribution is -0.124. The molecule has 0 bridgehead atoms. The Balaban J connectivity index is 1.52. The van der Waals surface area contributed by atoms with Crippen LogP contribution in [0.4, 0.5) is 9.18 Å². The summed E-state index contributed by atoms with van der Waals surface area (Å²) in [5.41, 5.74) is 0.556. The number of carboxylic acid groups (broad SMARTS) is 1. The molecule has 12 heteroatoms. The lowest BCUT2D eigenvalue weighted by atomic mass is 9.88. The van der Waals surface area contributed by atoms with Crippen LogP contribution in [0.15, 0.2) is 12.1 Å². The van der Waals surface area contributed by atoms with Gasteiger partial charge < -0.3 is 19.9 Å². The van der Waals surface area contributed by atoms with Gasteiger partial charge in [0.15, 0.2) is 11.6 Å². The first-order valence-corrected chi connectivity index (χ1v) is 13.5. The van der Waals surface area contributed by atoms with Gasteiger partial charge in [-0.15, -0.1) is 0 Å². The summed E-state index contributed by atoms with van der Waals surface area (Å²) >= 11 is 0. The topological polar surface area (TPSA) is 131 Å². The third-order valence-electron chi connectivity index (χ3n) is 6.43. The average Bonchev–Trinajstić information content (AvgIpc) is 3.30. The first-order chi connectivity index (χ1) is 16.6. The van der Waals surface area contributed by atoms with Crippen LogP contribution >= 0.6 is 0 Å². The molecule has 1 unspecified atom stereocenters. The zero-order valence-corrected chi connectivity index (χ0v) is 20.8. The second-order valence-electron chi connectivity index (χ2n) is 9.02. The number of benzene rings is 1. The molecule has 1 aromatic carbocycles. The van der Waals surface area contributed by atoms with Crippen molar-refractivity contribution in [3.8, 4) is 11.5 Å². The summed E-state index contributed by atoms with van der Waals surface area (Å²) in [5.74, 6) is -0.273. The van der Waals surface area contributed by atoms with Gasteiger partial charge in [0.1, 0.15) is 11.8 Å². The zero-order valence-electron chi connectivity index (χ0n) is 20.0. The van der Waals surface area contributed by atoms with Crippen LogP contribution in [0.1, 0.15) is 44.1 Å². The van der Waals surface area contributed by atoms with Crippen LogP contribution in [-0.4, -0.2) is 75.6 Å². The Morgan fingerprint density at radius 2 is 1.89 bits per heavy atom. The third kappa shape index (κ3) is 7.69. The molecule has 1 saturated carbocycles. The van der Waals surface area contributed by atoms with E-state index in [2.05, 4.69) is 5.32 Å². The van der Waals surface area contributed by atoms with Crippen LogP contribution < -0.4 is 14.8 Å². The summed E-state index contributed by atoms with van der Waals surface area (Å²) in [6.07, 6.45) is 3.89. The predicted octanol–water partition coefficient (Wildman–Crippen LogP) is 2.55. The molecule has 2 N–H and O–H groups in total. The first-order valence-electron chi connectivity index (χ1n) is 11.7. The van der Waals surface area contributed by atoms with Gasteiger partial charge in [-0.2, -0.15) is 8.42 Å². The molecular formula is C23H33FN2O8S. The predicted molar refractivity (Wildman–Crippen MR) is 125 cm³/mol.